The van der Waals surface area contributed by atoms with E-state index in [9.17, 15) is 5.21 Å². The van der Waals surface area contributed by atoms with Gasteiger partial charge in [-0.3, -0.25) is 0 Å². The van der Waals surface area contributed by atoms with Crippen molar-refractivity contribution in [2.75, 3.05) is 35.0 Å². The quantitative estimate of drug-likeness (QED) is 0.609. The lowest BCUT2D eigenvalue weighted by molar-refractivity contribution is -0.928. The molecule has 144 valence electrons. The first kappa shape index (κ1) is 17.9. The molecule has 6 nitrogen and oxygen atoms in total. The molecule has 0 aromatic heterocycles. The average Bonchev–Trinajstić information content (AvgIpc) is 2.70. The van der Waals surface area contributed by atoms with E-state index in [4.69, 9.17) is 18.9 Å². The number of hydrogen-bond donors (Lipinski definition) is 0. The van der Waals surface area contributed by atoms with Crippen molar-refractivity contribution in [3.63, 3.8) is 0 Å². The Hall–Kier alpha value is -2.44. The fourth-order valence-electron chi connectivity index (χ4n) is 4.52. The number of methoxy groups -OCH3 is 4. The number of hydrogen-bond acceptors (Lipinski definition) is 5. The molecule has 0 aliphatic carbocycles. The predicted molar refractivity (Wildman–Crippen MR) is 101 cm³/mol. The maximum absolute atomic E-state index is 13.8. The smallest absolute Gasteiger partial charge is 0.169 e. The first-order valence-electron chi connectivity index (χ1n) is 9.10. The van der Waals surface area contributed by atoms with Crippen molar-refractivity contribution < 1.29 is 23.6 Å². The van der Waals surface area contributed by atoms with Gasteiger partial charge in [0, 0.05) is 18.4 Å². The minimum absolute atomic E-state index is 0.154. The lowest BCUT2D eigenvalue weighted by Gasteiger charge is -2.54. The van der Waals surface area contributed by atoms with Gasteiger partial charge in [0.1, 0.15) is 12.6 Å². The van der Waals surface area contributed by atoms with E-state index in [2.05, 4.69) is 6.07 Å². The van der Waals surface area contributed by atoms with Gasteiger partial charge in [0.25, 0.3) is 0 Å². The van der Waals surface area contributed by atoms with Crippen LogP contribution in [0.25, 0.3) is 0 Å². The molecule has 2 aromatic carbocycles. The summed E-state index contributed by atoms with van der Waals surface area (Å²) in [5.41, 5.74) is 4.34. The van der Waals surface area contributed by atoms with E-state index >= 15 is 0 Å². The largest absolute Gasteiger partial charge is 0.632 e. The van der Waals surface area contributed by atoms with Crippen LogP contribution in [0.2, 0.25) is 0 Å². The summed E-state index contributed by atoms with van der Waals surface area (Å²) in [6.07, 6.45) is 1.39. The molecule has 0 fully saturated rings. The van der Waals surface area contributed by atoms with Crippen LogP contribution in [-0.4, -0.2) is 39.6 Å². The zero-order valence-corrected chi connectivity index (χ0v) is 16.2. The van der Waals surface area contributed by atoms with Crippen molar-refractivity contribution >= 4 is 0 Å². The molecule has 2 heterocycles. The number of rotatable bonds is 4. The zero-order valence-electron chi connectivity index (χ0n) is 16.2. The van der Waals surface area contributed by atoms with Gasteiger partial charge in [-0.1, -0.05) is 6.07 Å². The Balaban J connectivity index is 1.82. The molecule has 0 N–H and O–H groups in total. The van der Waals surface area contributed by atoms with Crippen LogP contribution in [0.1, 0.15) is 28.3 Å². The summed E-state index contributed by atoms with van der Waals surface area (Å²) in [5, 5.41) is 13.8. The Labute approximate surface area is 159 Å². The minimum Gasteiger partial charge on any atom is -0.632 e. The summed E-state index contributed by atoms with van der Waals surface area (Å²) in [7, 11) is 6.51. The third-order valence-electron chi connectivity index (χ3n) is 5.92. The molecule has 2 aromatic rings. The summed E-state index contributed by atoms with van der Waals surface area (Å²) >= 11 is 0. The van der Waals surface area contributed by atoms with Gasteiger partial charge in [0.2, 0.25) is 0 Å². The Morgan fingerprint density at radius 3 is 2.26 bits per heavy atom. The highest BCUT2D eigenvalue weighted by molar-refractivity contribution is 5.53. The summed E-state index contributed by atoms with van der Waals surface area (Å²) in [5.74, 6) is 2.73. The maximum Gasteiger partial charge on any atom is 0.169 e. The molecule has 27 heavy (non-hydrogen) atoms. The highest BCUT2D eigenvalue weighted by Gasteiger charge is 2.42. The first-order valence-corrected chi connectivity index (χ1v) is 9.10. The monoisotopic (exact) mass is 371 g/mol. The van der Waals surface area contributed by atoms with Gasteiger partial charge in [-0.25, -0.2) is 0 Å². The molecule has 0 amide bonds. The fraction of sp³-hybridized carbons (Fsp3) is 0.429. The number of nitrogens with zero attached hydrogens (tertiary/aromatic N) is 1. The van der Waals surface area contributed by atoms with Gasteiger partial charge in [0.15, 0.2) is 23.0 Å². The van der Waals surface area contributed by atoms with Crippen molar-refractivity contribution in [3.05, 3.63) is 51.7 Å². The van der Waals surface area contributed by atoms with Crippen LogP contribution >= 0.6 is 0 Å². The van der Waals surface area contributed by atoms with Crippen molar-refractivity contribution in [1.82, 2.24) is 0 Å². The molecule has 6 heteroatoms. The van der Waals surface area contributed by atoms with Gasteiger partial charge in [-0.15, -0.1) is 0 Å². The third kappa shape index (κ3) is 2.71. The molecule has 0 saturated carbocycles. The Kier molecular flexibility index (Phi) is 4.40. The third-order valence-corrected chi connectivity index (χ3v) is 5.92. The van der Waals surface area contributed by atoms with Crippen LogP contribution in [0.3, 0.4) is 0 Å². The second-order valence-electron chi connectivity index (χ2n) is 7.15. The highest BCUT2D eigenvalue weighted by atomic mass is 16.6. The summed E-state index contributed by atoms with van der Waals surface area (Å²) in [6.45, 7) is 0.918. The van der Waals surface area contributed by atoms with Crippen molar-refractivity contribution in [2.24, 2.45) is 0 Å². The van der Waals surface area contributed by atoms with E-state index in [1.807, 2.05) is 18.2 Å². The Bertz CT molecular complexity index is 881. The van der Waals surface area contributed by atoms with Crippen LogP contribution in [-0.2, 0) is 19.4 Å². The molecule has 0 spiro atoms. The predicted octanol–water partition coefficient (Wildman–Crippen LogP) is 3.39. The van der Waals surface area contributed by atoms with Crippen LogP contribution in [0.4, 0.5) is 0 Å². The molecule has 4 rings (SSSR count). The van der Waals surface area contributed by atoms with Gasteiger partial charge < -0.3 is 28.8 Å². The average molecular weight is 371 g/mol. The standard InChI is InChI=1S/C21H25NO5/c1-24-18-6-5-13-9-17-15-11-20(26-3)19(25-2)10-14(15)7-8-22(17,23)12-16(13)21(18)27-4/h5-6,10-11,17H,7-9,12H2,1-4H3/t17-,22?/m0/s1. The van der Waals surface area contributed by atoms with E-state index in [0.717, 1.165) is 23.1 Å². The summed E-state index contributed by atoms with van der Waals surface area (Å²) in [4.78, 5) is 0. The molecule has 2 atom stereocenters. The number of benzene rings is 2. The van der Waals surface area contributed by atoms with Crippen LogP contribution in [0, 0.1) is 5.21 Å². The van der Waals surface area contributed by atoms with Gasteiger partial charge >= 0.3 is 0 Å². The fourth-order valence-corrected chi connectivity index (χ4v) is 4.52. The summed E-state index contributed by atoms with van der Waals surface area (Å²) < 4.78 is 21.6. The van der Waals surface area contributed by atoms with E-state index in [1.165, 1.54) is 5.56 Å². The number of fused-ring (bicyclic) bond motifs is 4. The Morgan fingerprint density at radius 1 is 0.889 bits per heavy atom. The second-order valence-corrected chi connectivity index (χ2v) is 7.15. The highest BCUT2D eigenvalue weighted by Crippen LogP contribution is 2.49. The lowest BCUT2D eigenvalue weighted by atomic mass is 9.83. The topological polar surface area (TPSA) is 60.0 Å². The van der Waals surface area contributed by atoms with Crippen LogP contribution < -0.4 is 18.9 Å². The number of ether oxygens (including phenoxy) is 4. The molecule has 0 radical (unpaired) electrons. The normalized spacial score (nSPS) is 22.9. The van der Waals surface area contributed by atoms with Crippen LogP contribution in [0.15, 0.2) is 24.3 Å². The molecule has 0 saturated heterocycles. The number of quaternary nitrogens is 1. The van der Waals surface area contributed by atoms with Crippen LogP contribution in [0.5, 0.6) is 23.0 Å². The molecular formula is C21H25NO5. The van der Waals surface area contributed by atoms with E-state index < -0.39 is 0 Å². The molecule has 2 aliphatic rings. The molecular weight excluding hydrogens is 346 g/mol. The van der Waals surface area contributed by atoms with Crippen molar-refractivity contribution in [2.45, 2.75) is 25.4 Å². The van der Waals surface area contributed by atoms with Gasteiger partial charge in [-0.05, 0) is 29.3 Å². The van der Waals surface area contributed by atoms with E-state index in [-0.39, 0.29) is 10.7 Å². The molecule has 1 unspecified atom stereocenters. The van der Waals surface area contributed by atoms with E-state index in [0.29, 0.717) is 42.5 Å². The lowest BCUT2D eigenvalue weighted by Crippen LogP contribution is -2.52. The van der Waals surface area contributed by atoms with Crippen molar-refractivity contribution in [1.29, 1.82) is 0 Å². The van der Waals surface area contributed by atoms with Gasteiger partial charge in [-0.2, -0.15) is 0 Å². The zero-order chi connectivity index (χ0) is 19.2. The Morgan fingerprint density at radius 2 is 1.59 bits per heavy atom. The maximum atomic E-state index is 13.8. The van der Waals surface area contributed by atoms with Crippen molar-refractivity contribution in [3.8, 4) is 23.0 Å². The minimum atomic E-state index is -0.279. The molecule has 0 bridgehead atoms. The molecule has 2 aliphatic heterocycles. The number of hydroxylamine groups is 3. The summed E-state index contributed by atoms with van der Waals surface area (Å²) in [6, 6.07) is 7.81. The van der Waals surface area contributed by atoms with Gasteiger partial charge in [0.05, 0.1) is 40.5 Å². The SMILES string of the molecule is COc1cc2c(cc1OC)[C@@H]1Cc3ccc(OC)c(OC)c3C[N+]1([O-])CC2. The second kappa shape index (κ2) is 6.62. The van der Waals surface area contributed by atoms with E-state index in [1.54, 1.807) is 28.4 Å². The first-order chi connectivity index (χ1) is 13.0.